The fraction of sp³-hybridized carbons (Fsp3) is 0.231. The zero-order chi connectivity index (χ0) is 11.7. The van der Waals surface area contributed by atoms with Crippen molar-refractivity contribution >= 4 is 11.6 Å². The first-order valence-corrected chi connectivity index (χ1v) is 5.73. The summed E-state index contributed by atoms with van der Waals surface area (Å²) in [4.78, 5) is 8.16. The van der Waals surface area contributed by atoms with Crippen LogP contribution < -0.4 is 11.1 Å². The van der Waals surface area contributed by atoms with E-state index in [2.05, 4.69) is 39.6 Å². The second-order valence-corrected chi connectivity index (χ2v) is 4.27. The van der Waals surface area contributed by atoms with E-state index in [0.29, 0.717) is 17.6 Å². The number of nitrogens with zero attached hydrogens (tertiary/aromatic N) is 2. The summed E-state index contributed by atoms with van der Waals surface area (Å²) < 4.78 is 0. The summed E-state index contributed by atoms with van der Waals surface area (Å²) in [6.45, 7) is 0.861. The summed E-state index contributed by atoms with van der Waals surface area (Å²) >= 11 is 0. The molecule has 1 aliphatic rings. The van der Waals surface area contributed by atoms with E-state index in [4.69, 9.17) is 5.73 Å². The lowest BCUT2D eigenvalue weighted by Crippen LogP contribution is -2.24. The minimum absolute atomic E-state index is 0.458. The molecule has 0 saturated carbocycles. The molecule has 1 aliphatic carbocycles. The SMILES string of the molecule is Nc1nccnc1NCC1Cc2ccccc21. The van der Waals surface area contributed by atoms with Crippen LogP contribution in [0.2, 0.25) is 0 Å². The van der Waals surface area contributed by atoms with Gasteiger partial charge in [-0.2, -0.15) is 0 Å². The molecule has 1 unspecified atom stereocenters. The van der Waals surface area contributed by atoms with Crippen molar-refractivity contribution in [2.24, 2.45) is 0 Å². The molecule has 3 N–H and O–H groups in total. The zero-order valence-electron chi connectivity index (χ0n) is 9.43. The van der Waals surface area contributed by atoms with E-state index < -0.39 is 0 Å². The van der Waals surface area contributed by atoms with Gasteiger partial charge in [-0.15, -0.1) is 0 Å². The smallest absolute Gasteiger partial charge is 0.168 e. The Bertz CT molecular complexity index is 538. The largest absolute Gasteiger partial charge is 0.381 e. The lowest BCUT2D eigenvalue weighted by atomic mass is 9.77. The highest BCUT2D eigenvalue weighted by Gasteiger charge is 2.25. The molecular weight excluding hydrogens is 212 g/mol. The summed E-state index contributed by atoms with van der Waals surface area (Å²) in [6, 6.07) is 8.54. The minimum Gasteiger partial charge on any atom is -0.381 e. The summed E-state index contributed by atoms with van der Waals surface area (Å²) in [5.74, 6) is 1.70. The molecule has 86 valence electrons. The van der Waals surface area contributed by atoms with Gasteiger partial charge in [-0.1, -0.05) is 24.3 Å². The van der Waals surface area contributed by atoms with Gasteiger partial charge in [0.15, 0.2) is 11.6 Å². The highest BCUT2D eigenvalue weighted by Crippen LogP contribution is 2.34. The Labute approximate surface area is 99.9 Å². The van der Waals surface area contributed by atoms with Gasteiger partial charge in [-0.25, -0.2) is 9.97 Å². The topological polar surface area (TPSA) is 63.8 Å². The molecule has 0 amide bonds. The van der Waals surface area contributed by atoms with E-state index in [-0.39, 0.29) is 0 Å². The van der Waals surface area contributed by atoms with Crippen molar-refractivity contribution in [2.45, 2.75) is 12.3 Å². The first-order chi connectivity index (χ1) is 8.34. The van der Waals surface area contributed by atoms with E-state index in [0.717, 1.165) is 13.0 Å². The van der Waals surface area contributed by atoms with Crippen molar-refractivity contribution in [1.29, 1.82) is 0 Å². The number of nitrogens with two attached hydrogens (primary N) is 1. The summed E-state index contributed by atoms with van der Waals surface area (Å²) in [5, 5.41) is 3.26. The van der Waals surface area contributed by atoms with Crippen LogP contribution in [0, 0.1) is 0 Å². The van der Waals surface area contributed by atoms with Crippen LogP contribution in [0.25, 0.3) is 0 Å². The number of nitrogens with one attached hydrogen (secondary N) is 1. The Morgan fingerprint density at radius 1 is 1.24 bits per heavy atom. The molecule has 0 radical (unpaired) electrons. The van der Waals surface area contributed by atoms with Crippen molar-refractivity contribution in [3.05, 3.63) is 47.8 Å². The molecule has 0 spiro atoms. The number of hydrogen-bond donors (Lipinski definition) is 2. The number of nitrogen functional groups attached to an aromatic ring is 1. The number of fused-ring (bicyclic) bond motifs is 1. The van der Waals surface area contributed by atoms with Crippen molar-refractivity contribution in [2.75, 3.05) is 17.6 Å². The summed E-state index contributed by atoms with van der Waals surface area (Å²) in [7, 11) is 0. The third kappa shape index (κ3) is 1.82. The van der Waals surface area contributed by atoms with Crippen molar-refractivity contribution in [3.8, 4) is 0 Å². The minimum atomic E-state index is 0.458. The van der Waals surface area contributed by atoms with E-state index in [1.54, 1.807) is 12.4 Å². The second-order valence-electron chi connectivity index (χ2n) is 4.27. The van der Waals surface area contributed by atoms with Crippen molar-refractivity contribution in [1.82, 2.24) is 9.97 Å². The summed E-state index contributed by atoms with van der Waals surface area (Å²) in [5.41, 5.74) is 8.61. The Morgan fingerprint density at radius 3 is 2.88 bits per heavy atom. The van der Waals surface area contributed by atoms with Crippen LogP contribution in [0.1, 0.15) is 17.0 Å². The molecular formula is C13H14N4. The predicted octanol–water partition coefficient (Wildman–Crippen LogP) is 1.81. The molecule has 3 rings (SSSR count). The maximum Gasteiger partial charge on any atom is 0.168 e. The molecule has 4 nitrogen and oxygen atoms in total. The molecule has 1 atom stereocenters. The van der Waals surface area contributed by atoms with E-state index in [1.807, 2.05) is 0 Å². The molecule has 1 aromatic heterocycles. The van der Waals surface area contributed by atoms with Gasteiger partial charge in [0.1, 0.15) is 0 Å². The standard InChI is InChI=1S/C13H14N4/c14-12-13(16-6-5-15-12)17-8-10-7-9-3-1-2-4-11(9)10/h1-6,10H,7-8H2,(H2,14,15)(H,16,17). The molecule has 4 heteroatoms. The maximum absolute atomic E-state index is 5.72. The zero-order valence-corrected chi connectivity index (χ0v) is 9.43. The number of anilines is 2. The second kappa shape index (κ2) is 4.05. The van der Waals surface area contributed by atoms with E-state index in [9.17, 15) is 0 Å². The van der Waals surface area contributed by atoms with Gasteiger partial charge in [0.05, 0.1) is 0 Å². The molecule has 1 aromatic carbocycles. The first-order valence-electron chi connectivity index (χ1n) is 5.73. The first kappa shape index (κ1) is 10.1. The van der Waals surface area contributed by atoms with Gasteiger partial charge in [0.2, 0.25) is 0 Å². The maximum atomic E-state index is 5.72. The predicted molar refractivity (Wildman–Crippen MR) is 67.8 cm³/mol. The molecule has 17 heavy (non-hydrogen) atoms. The van der Waals surface area contributed by atoms with Gasteiger partial charge in [0.25, 0.3) is 0 Å². The van der Waals surface area contributed by atoms with Crippen LogP contribution in [0.5, 0.6) is 0 Å². The number of benzene rings is 1. The van der Waals surface area contributed by atoms with Crippen LogP contribution >= 0.6 is 0 Å². The molecule has 2 aromatic rings. The lowest BCUT2D eigenvalue weighted by Gasteiger charge is -2.30. The lowest BCUT2D eigenvalue weighted by molar-refractivity contribution is 0.634. The van der Waals surface area contributed by atoms with Crippen LogP contribution in [0.3, 0.4) is 0 Å². The normalized spacial score (nSPS) is 17.1. The quantitative estimate of drug-likeness (QED) is 0.837. The van der Waals surface area contributed by atoms with Gasteiger partial charge < -0.3 is 11.1 Å². The Morgan fingerprint density at radius 2 is 2.06 bits per heavy atom. The average Bonchev–Trinajstić information content (AvgIpc) is 2.32. The molecule has 0 fully saturated rings. The number of aromatic nitrogens is 2. The van der Waals surface area contributed by atoms with Crippen molar-refractivity contribution < 1.29 is 0 Å². The molecule has 0 bridgehead atoms. The highest BCUT2D eigenvalue weighted by molar-refractivity contribution is 5.55. The summed E-state index contributed by atoms with van der Waals surface area (Å²) in [6.07, 6.45) is 4.37. The molecule has 0 saturated heterocycles. The van der Waals surface area contributed by atoms with Gasteiger partial charge in [-0.3, -0.25) is 0 Å². The van der Waals surface area contributed by atoms with E-state index >= 15 is 0 Å². The van der Waals surface area contributed by atoms with Gasteiger partial charge in [0, 0.05) is 24.9 Å². The van der Waals surface area contributed by atoms with Gasteiger partial charge in [-0.05, 0) is 17.5 Å². The van der Waals surface area contributed by atoms with Crippen LogP contribution in [0.4, 0.5) is 11.6 Å². The van der Waals surface area contributed by atoms with Crippen molar-refractivity contribution in [3.63, 3.8) is 0 Å². The van der Waals surface area contributed by atoms with Crippen LogP contribution in [-0.2, 0) is 6.42 Å². The monoisotopic (exact) mass is 226 g/mol. The molecule has 0 aliphatic heterocycles. The van der Waals surface area contributed by atoms with Crippen LogP contribution in [0.15, 0.2) is 36.7 Å². The number of rotatable bonds is 3. The Balaban J connectivity index is 1.66. The fourth-order valence-corrected chi connectivity index (χ4v) is 2.25. The average molecular weight is 226 g/mol. The third-order valence-electron chi connectivity index (χ3n) is 3.20. The molecule has 1 heterocycles. The van der Waals surface area contributed by atoms with E-state index in [1.165, 1.54) is 11.1 Å². The Hall–Kier alpha value is -2.10. The Kier molecular flexibility index (Phi) is 2.40. The van der Waals surface area contributed by atoms with Gasteiger partial charge >= 0.3 is 0 Å². The third-order valence-corrected chi connectivity index (χ3v) is 3.20. The highest BCUT2D eigenvalue weighted by atomic mass is 15.0. The number of hydrogen-bond acceptors (Lipinski definition) is 4. The fourth-order valence-electron chi connectivity index (χ4n) is 2.25. The van der Waals surface area contributed by atoms with Crippen LogP contribution in [-0.4, -0.2) is 16.5 Å².